The van der Waals surface area contributed by atoms with Crippen molar-refractivity contribution in [1.29, 1.82) is 10.5 Å². The lowest BCUT2D eigenvalue weighted by Gasteiger charge is -2.32. The van der Waals surface area contributed by atoms with E-state index in [9.17, 15) is 10.5 Å². The fourth-order valence-corrected chi connectivity index (χ4v) is 18.9. The van der Waals surface area contributed by atoms with Gasteiger partial charge in [-0.3, -0.25) is 0 Å². The second-order valence-corrected chi connectivity index (χ2v) is 30.5. The van der Waals surface area contributed by atoms with Crippen molar-refractivity contribution in [2.45, 2.75) is 0 Å². The Morgan fingerprint density at radius 1 is 0.145 bits per heavy atom. The third-order valence-corrected chi connectivity index (χ3v) is 24.1. The van der Waals surface area contributed by atoms with E-state index in [-0.39, 0.29) is 0 Å². The molecule has 0 aliphatic rings. The van der Waals surface area contributed by atoms with Crippen LogP contribution in [0.25, 0.3) is 215 Å². The lowest BCUT2D eigenvalue weighted by Crippen LogP contribution is -2.18. The minimum atomic E-state index is 0.345. The van der Waals surface area contributed by atoms with Gasteiger partial charge in [0.1, 0.15) is 0 Å². The maximum absolute atomic E-state index is 11.8. The van der Waals surface area contributed by atoms with E-state index < -0.39 is 0 Å². The minimum Gasteiger partial charge on any atom is -0.306 e. The normalized spacial score (nSPS) is 11.7. The Bertz CT molecular complexity index is 7340. The zero-order valence-corrected chi connectivity index (χ0v) is 63.3. The second-order valence-electron chi connectivity index (χ2n) is 30.5. The van der Waals surface area contributed by atoms with E-state index in [1.165, 1.54) is 0 Å². The van der Waals surface area contributed by atoms with Gasteiger partial charge in [0.05, 0.1) is 107 Å². The lowest BCUT2D eigenvalue weighted by atomic mass is 9.92. The van der Waals surface area contributed by atoms with Crippen LogP contribution in [-0.2, 0) is 0 Å². The van der Waals surface area contributed by atoms with Gasteiger partial charge in [0.25, 0.3) is 0 Å². The third kappa shape index (κ3) is 10.5. The van der Waals surface area contributed by atoms with E-state index in [1.54, 1.807) is 6.07 Å². The Morgan fingerprint density at radius 2 is 0.333 bits per heavy atom. The molecule has 23 aromatic rings. The fourth-order valence-electron chi connectivity index (χ4n) is 18.9. The average Bonchev–Trinajstić information content (AvgIpc) is 1.57. The second kappa shape index (κ2) is 26.8. The topological polar surface area (TPSA) is 72.2 Å². The monoisotopic (exact) mass is 1490 g/mol. The summed E-state index contributed by atoms with van der Waals surface area (Å²) < 4.78 is 12.8. The first-order valence-electron chi connectivity index (χ1n) is 39.7. The number of aromatic nitrogens is 5. The zero-order valence-electron chi connectivity index (χ0n) is 63.3. The summed E-state index contributed by atoms with van der Waals surface area (Å²) in [6, 6.07) is 153. The highest BCUT2D eigenvalue weighted by Crippen LogP contribution is 2.56. The van der Waals surface area contributed by atoms with E-state index in [2.05, 4.69) is 423 Å². The number of hydrogen-bond donors (Lipinski definition) is 0. The van der Waals surface area contributed by atoms with Crippen LogP contribution in [0.3, 0.4) is 0 Å². The van der Waals surface area contributed by atoms with Crippen LogP contribution in [0.4, 0.5) is 0 Å². The summed E-state index contributed by atoms with van der Waals surface area (Å²) in [4.78, 5) is 0. The van der Waals surface area contributed by atoms with Crippen LogP contribution in [-0.4, -0.2) is 22.8 Å². The average molecular weight is 1490 g/mol. The van der Waals surface area contributed by atoms with Crippen molar-refractivity contribution in [3.63, 3.8) is 0 Å². The van der Waals surface area contributed by atoms with Crippen LogP contribution in [0, 0.1) is 22.7 Å². The fraction of sp³-hybridized carbons (Fsp3) is 0. The Morgan fingerprint density at radius 3 is 0.556 bits per heavy atom. The summed E-state index contributed by atoms with van der Waals surface area (Å²) >= 11 is 0. The number of fused-ring (bicyclic) bond motifs is 15. The smallest absolute Gasteiger partial charge is 0.0992 e. The lowest BCUT2D eigenvalue weighted by molar-refractivity contribution is 1.00. The Labute approximate surface area is 674 Å². The molecule has 7 heteroatoms. The molecule has 0 spiro atoms. The molecule has 7 nitrogen and oxygen atoms in total. The van der Waals surface area contributed by atoms with Crippen LogP contribution < -0.4 is 0 Å². The van der Waals surface area contributed by atoms with Crippen LogP contribution in [0.5, 0.6) is 0 Å². The molecule has 23 rings (SSSR count). The van der Waals surface area contributed by atoms with Crippen molar-refractivity contribution in [1.82, 2.24) is 22.8 Å². The maximum Gasteiger partial charge on any atom is 0.0992 e. The predicted octanol–water partition coefficient (Wildman–Crippen LogP) is 28.6. The van der Waals surface area contributed by atoms with E-state index in [0.29, 0.717) is 16.7 Å². The van der Waals surface area contributed by atoms with Crippen molar-refractivity contribution in [3.05, 3.63) is 418 Å². The molecule has 0 radical (unpaired) electrons. The molecule has 0 fully saturated rings. The highest BCUT2D eigenvalue weighted by Gasteiger charge is 2.38. The highest BCUT2D eigenvalue weighted by molar-refractivity contribution is 6.21. The van der Waals surface area contributed by atoms with Crippen LogP contribution in [0.15, 0.2) is 406 Å². The quantitative estimate of drug-likeness (QED) is 0.122. The Balaban J connectivity index is 1.05. The zero-order chi connectivity index (χ0) is 77.3. The molecule has 117 heavy (non-hydrogen) atoms. The summed E-state index contributed by atoms with van der Waals surface area (Å²) in [6.45, 7) is 0. The number of benzene rings is 18. The molecule has 0 saturated heterocycles. The van der Waals surface area contributed by atoms with Gasteiger partial charge in [-0.2, -0.15) is 10.5 Å². The Hall–Kier alpha value is -16.1. The van der Waals surface area contributed by atoms with E-state index in [0.717, 1.165) is 210 Å². The van der Waals surface area contributed by atoms with Crippen LogP contribution >= 0.6 is 0 Å². The highest BCUT2D eigenvalue weighted by atomic mass is 15.2. The SMILES string of the molecule is N#Cc1cc(C#N)cc(-c2c(-n3c4ccc(-c5ccccc5)cc4c4cc(-c5ccccc5)ccc43)c(-n3c4ccccc4c4ccccc43)c(-n3c4ccc(-c5ccccc5)cc4c4cc(-c5ccccc5)ccc43)c(-n3c4ccccc4c4ccccc43)c2-n2c3ccc(-c4ccccc4)cc3c3cc(-c4ccccc4)ccc32)c1. The van der Waals surface area contributed by atoms with Crippen molar-refractivity contribution < 1.29 is 0 Å². The number of rotatable bonds is 12. The maximum atomic E-state index is 11.8. The molecular formula is C110H67N7. The van der Waals surface area contributed by atoms with Gasteiger partial charge in [-0.05, 0) is 188 Å². The molecule has 0 unspecified atom stereocenters. The third-order valence-electron chi connectivity index (χ3n) is 24.1. The van der Waals surface area contributed by atoms with Gasteiger partial charge in [-0.1, -0.05) is 291 Å². The minimum absolute atomic E-state index is 0.345. The van der Waals surface area contributed by atoms with Crippen LogP contribution in [0.2, 0.25) is 0 Å². The van der Waals surface area contributed by atoms with Gasteiger partial charge in [0.15, 0.2) is 0 Å². The number of nitriles is 2. The largest absolute Gasteiger partial charge is 0.306 e. The molecule has 0 amide bonds. The summed E-state index contributed by atoms with van der Waals surface area (Å²) in [6.07, 6.45) is 0. The van der Waals surface area contributed by atoms with Crippen LogP contribution in [0.1, 0.15) is 11.1 Å². The molecule has 5 heterocycles. The molecule has 0 bridgehead atoms. The molecule has 0 atom stereocenters. The van der Waals surface area contributed by atoms with E-state index in [1.807, 2.05) is 12.1 Å². The van der Waals surface area contributed by atoms with Gasteiger partial charge < -0.3 is 22.8 Å². The molecule has 0 saturated carbocycles. The first kappa shape index (κ1) is 66.7. The summed E-state index contributed by atoms with van der Waals surface area (Å²) in [5.74, 6) is 0. The number of nitrogens with zero attached hydrogens (tertiary/aromatic N) is 7. The van der Waals surface area contributed by atoms with Gasteiger partial charge in [0, 0.05) is 59.4 Å². The molecule has 0 aliphatic carbocycles. The van der Waals surface area contributed by atoms with Crippen molar-refractivity contribution in [2.24, 2.45) is 0 Å². The van der Waals surface area contributed by atoms with Crippen molar-refractivity contribution in [3.8, 4) is 118 Å². The summed E-state index contributed by atoms with van der Waals surface area (Å²) in [5, 5.41) is 34.3. The predicted molar refractivity (Wildman–Crippen MR) is 486 cm³/mol. The standard InChI is InChI=1S/C110H67N7/c111-68-70-59-71(69-112)61-84(60-70)105-106(113-99-53-47-78(72-27-7-1-8-28-72)62-89(99)90-63-79(48-54-100(90)113)73-29-9-2-10-30-73)108(115-95-43-23-19-39-85(95)86-40-20-24-44-96(86)115)110(117-103-57-51-82(76-35-15-5-16-36-76)66-93(103)94-67-83(52-58-104(94)117)77-37-17-6-18-38-77)109(116-97-45-25-21-41-87(97)88-42-22-26-46-98(88)116)107(105)114-101-55-49-80(74-31-11-3-12-32-74)64-91(101)92-65-81(50-56-102(92)114)75-33-13-4-14-34-75/h1-67H. The molecular weight excluding hydrogens is 1420 g/mol. The number of hydrogen-bond acceptors (Lipinski definition) is 2. The molecule has 0 N–H and O–H groups in total. The number of para-hydroxylation sites is 4. The van der Waals surface area contributed by atoms with Gasteiger partial charge >= 0.3 is 0 Å². The van der Waals surface area contributed by atoms with Gasteiger partial charge in [-0.15, -0.1) is 0 Å². The molecule has 0 aliphatic heterocycles. The van der Waals surface area contributed by atoms with Crippen molar-refractivity contribution >= 4 is 109 Å². The first-order valence-corrected chi connectivity index (χ1v) is 39.7. The first-order chi connectivity index (χ1) is 58.0. The summed E-state index contributed by atoms with van der Waals surface area (Å²) in [7, 11) is 0. The van der Waals surface area contributed by atoms with E-state index in [4.69, 9.17) is 0 Å². The van der Waals surface area contributed by atoms with E-state index >= 15 is 0 Å². The Kier molecular flexibility index (Phi) is 15.3. The van der Waals surface area contributed by atoms with Gasteiger partial charge in [0.2, 0.25) is 0 Å². The van der Waals surface area contributed by atoms with Crippen molar-refractivity contribution in [2.75, 3.05) is 0 Å². The molecule has 5 aromatic heterocycles. The molecule has 18 aromatic carbocycles. The summed E-state index contributed by atoms with van der Waals surface area (Å²) in [5.41, 5.74) is 29.0. The van der Waals surface area contributed by atoms with Gasteiger partial charge in [-0.25, -0.2) is 0 Å². The molecule has 542 valence electrons.